The number of benzene rings is 1. The fraction of sp³-hybridized carbons (Fsp3) is 0.556. The van der Waals surface area contributed by atoms with Crippen molar-refractivity contribution in [3.8, 4) is 11.3 Å². The molecule has 2 amide bonds. The van der Waals surface area contributed by atoms with Crippen LogP contribution in [0.15, 0.2) is 29.6 Å². The Morgan fingerprint density at radius 1 is 1.16 bits per heavy atom. The van der Waals surface area contributed by atoms with Crippen LogP contribution in [0.4, 0.5) is 5.13 Å². The average molecular weight is 541 g/mol. The quantitative estimate of drug-likeness (QED) is 0.581. The third kappa shape index (κ3) is 5.20. The Morgan fingerprint density at radius 2 is 1.84 bits per heavy atom. The second-order valence-corrected chi connectivity index (χ2v) is 12.3. The lowest BCUT2D eigenvalue weighted by molar-refractivity contribution is -0.140. The SMILES string of the molecule is CN1CCN(c2nc(-c3ccc(C(=O)NC(C(=O)N4C[C@H](N)[C@H]5OCC(=O)[C@H]54)C(C)(C)C)cc3)cs2)CC1. The van der Waals surface area contributed by atoms with Crippen LogP contribution in [0.5, 0.6) is 0 Å². The minimum Gasteiger partial charge on any atom is -0.366 e. The molecule has 0 radical (unpaired) electrons. The monoisotopic (exact) mass is 540 g/mol. The highest BCUT2D eigenvalue weighted by Crippen LogP contribution is 2.31. The number of nitrogens with one attached hydrogen (secondary N) is 1. The van der Waals surface area contributed by atoms with Crippen LogP contribution in [0.1, 0.15) is 31.1 Å². The molecule has 3 aliphatic heterocycles. The first-order valence-electron chi connectivity index (χ1n) is 13.0. The predicted octanol–water partition coefficient (Wildman–Crippen LogP) is 1.21. The summed E-state index contributed by atoms with van der Waals surface area (Å²) in [6.45, 7) is 9.81. The number of ketones is 1. The van der Waals surface area contributed by atoms with E-state index in [9.17, 15) is 14.4 Å². The number of aromatic nitrogens is 1. The Bertz CT molecular complexity index is 1200. The molecule has 38 heavy (non-hydrogen) atoms. The number of likely N-dealkylation sites (tertiary alicyclic amines) is 1. The first-order chi connectivity index (χ1) is 18.0. The van der Waals surface area contributed by atoms with Crippen molar-refractivity contribution in [1.82, 2.24) is 20.1 Å². The Labute approximate surface area is 227 Å². The molecule has 1 aromatic carbocycles. The summed E-state index contributed by atoms with van der Waals surface area (Å²) < 4.78 is 5.52. The molecular formula is C27H36N6O4S. The van der Waals surface area contributed by atoms with Gasteiger partial charge < -0.3 is 30.5 Å². The molecule has 0 spiro atoms. The van der Waals surface area contributed by atoms with Crippen molar-refractivity contribution in [2.75, 3.05) is 51.3 Å². The van der Waals surface area contributed by atoms with E-state index in [1.807, 2.05) is 38.3 Å². The molecular weight excluding hydrogens is 504 g/mol. The van der Waals surface area contributed by atoms with E-state index in [1.165, 1.54) is 4.90 Å². The third-order valence-electron chi connectivity index (χ3n) is 7.60. The molecule has 3 N–H and O–H groups in total. The van der Waals surface area contributed by atoms with Gasteiger partial charge in [-0.3, -0.25) is 14.4 Å². The smallest absolute Gasteiger partial charge is 0.251 e. The number of piperazine rings is 1. The summed E-state index contributed by atoms with van der Waals surface area (Å²) in [6, 6.07) is 5.31. The van der Waals surface area contributed by atoms with Crippen molar-refractivity contribution in [1.29, 1.82) is 0 Å². The number of nitrogens with two attached hydrogens (primary N) is 1. The molecule has 4 heterocycles. The molecule has 3 aliphatic rings. The standard InChI is InChI=1S/C27H36N6O4S/c1-27(2,3)23(25(36)33-13-18(28)22-21(33)20(34)14-37-22)30-24(35)17-7-5-16(6-8-17)19-15-38-26(29-19)32-11-9-31(4)10-12-32/h5-8,15,18,21-23H,9-14,28H2,1-4H3,(H,30,35)/t18-,21+,22+,23?/m0/s1. The van der Waals surface area contributed by atoms with Crippen LogP contribution in [-0.2, 0) is 14.3 Å². The van der Waals surface area contributed by atoms with Crippen molar-refractivity contribution >= 4 is 34.1 Å². The summed E-state index contributed by atoms with van der Waals surface area (Å²) in [7, 11) is 2.13. The van der Waals surface area contributed by atoms with E-state index in [-0.39, 0.29) is 30.7 Å². The van der Waals surface area contributed by atoms with Gasteiger partial charge in [-0.2, -0.15) is 0 Å². The fourth-order valence-electron chi connectivity index (χ4n) is 5.28. The normalized spacial score (nSPS) is 25.0. The number of anilines is 1. The molecule has 0 bridgehead atoms. The third-order valence-corrected chi connectivity index (χ3v) is 8.51. The van der Waals surface area contributed by atoms with Crippen molar-refractivity contribution in [3.63, 3.8) is 0 Å². The van der Waals surface area contributed by atoms with Gasteiger partial charge in [0, 0.05) is 49.2 Å². The Balaban J connectivity index is 1.28. The number of Topliss-reactive ketones (excluding diaryl/α,β-unsaturated/α-hetero) is 1. The van der Waals surface area contributed by atoms with Crippen molar-refractivity contribution in [2.45, 2.75) is 45.0 Å². The van der Waals surface area contributed by atoms with Gasteiger partial charge >= 0.3 is 0 Å². The van der Waals surface area contributed by atoms with Gasteiger partial charge in [-0.15, -0.1) is 11.3 Å². The lowest BCUT2D eigenvalue weighted by Gasteiger charge is -2.35. The maximum absolute atomic E-state index is 13.6. The number of hydrogen-bond acceptors (Lipinski definition) is 9. The number of amides is 2. The van der Waals surface area contributed by atoms with Crippen LogP contribution in [0.3, 0.4) is 0 Å². The van der Waals surface area contributed by atoms with Gasteiger partial charge in [0.1, 0.15) is 24.8 Å². The van der Waals surface area contributed by atoms with E-state index in [2.05, 4.69) is 22.2 Å². The number of carbonyl (C=O) groups is 3. The molecule has 1 unspecified atom stereocenters. The van der Waals surface area contributed by atoms with Gasteiger partial charge in [0.15, 0.2) is 10.9 Å². The lowest BCUT2D eigenvalue weighted by Crippen LogP contribution is -2.57. The molecule has 3 saturated heterocycles. The summed E-state index contributed by atoms with van der Waals surface area (Å²) in [5, 5.41) is 5.97. The number of hydrogen-bond donors (Lipinski definition) is 2. The zero-order chi connectivity index (χ0) is 27.2. The van der Waals surface area contributed by atoms with Gasteiger partial charge in [0.05, 0.1) is 11.7 Å². The first-order valence-corrected chi connectivity index (χ1v) is 13.9. The molecule has 1 aromatic heterocycles. The minimum absolute atomic E-state index is 0.0401. The zero-order valence-electron chi connectivity index (χ0n) is 22.3. The molecule has 2 aromatic rings. The maximum atomic E-state index is 13.6. The molecule has 0 saturated carbocycles. The molecule has 204 valence electrons. The van der Waals surface area contributed by atoms with Gasteiger partial charge in [-0.25, -0.2) is 4.98 Å². The molecule has 11 heteroatoms. The predicted molar refractivity (Wildman–Crippen MR) is 146 cm³/mol. The second kappa shape index (κ2) is 10.4. The van der Waals surface area contributed by atoms with Gasteiger partial charge in [0.25, 0.3) is 5.91 Å². The van der Waals surface area contributed by atoms with Gasteiger partial charge in [-0.05, 0) is 24.6 Å². The number of fused-ring (bicyclic) bond motifs is 1. The number of likely N-dealkylation sites (N-methyl/N-ethyl adjacent to an activating group) is 1. The van der Waals surface area contributed by atoms with Crippen LogP contribution < -0.4 is 16.0 Å². The topological polar surface area (TPSA) is 121 Å². The first kappa shape index (κ1) is 26.7. The molecule has 10 nitrogen and oxygen atoms in total. The second-order valence-electron chi connectivity index (χ2n) is 11.5. The highest BCUT2D eigenvalue weighted by Gasteiger charge is 2.53. The number of nitrogens with zero attached hydrogens (tertiary/aromatic N) is 4. The highest BCUT2D eigenvalue weighted by molar-refractivity contribution is 7.14. The van der Waals surface area contributed by atoms with E-state index in [0.717, 1.165) is 42.6 Å². The van der Waals surface area contributed by atoms with Gasteiger partial charge in [0.2, 0.25) is 5.91 Å². The average Bonchev–Trinajstić information content (AvgIpc) is 3.60. The summed E-state index contributed by atoms with van der Waals surface area (Å²) in [5.41, 5.74) is 7.82. The van der Waals surface area contributed by atoms with Crippen LogP contribution in [-0.4, -0.2) is 103 Å². The highest BCUT2D eigenvalue weighted by atomic mass is 32.1. The van der Waals surface area contributed by atoms with E-state index in [0.29, 0.717) is 5.56 Å². The van der Waals surface area contributed by atoms with E-state index >= 15 is 0 Å². The Morgan fingerprint density at radius 3 is 2.50 bits per heavy atom. The zero-order valence-corrected chi connectivity index (χ0v) is 23.2. The van der Waals surface area contributed by atoms with E-state index < -0.39 is 29.6 Å². The fourth-order valence-corrected chi connectivity index (χ4v) is 6.17. The van der Waals surface area contributed by atoms with Crippen LogP contribution >= 0.6 is 11.3 Å². The summed E-state index contributed by atoms with van der Waals surface area (Å²) in [5.74, 6) is -0.817. The maximum Gasteiger partial charge on any atom is 0.251 e. The van der Waals surface area contributed by atoms with Crippen molar-refractivity contribution in [3.05, 3.63) is 35.2 Å². The lowest BCUT2D eigenvalue weighted by atomic mass is 9.85. The molecule has 3 fully saturated rings. The van der Waals surface area contributed by atoms with E-state index in [1.54, 1.807) is 23.5 Å². The summed E-state index contributed by atoms with van der Waals surface area (Å²) in [6.07, 6.45) is -0.488. The summed E-state index contributed by atoms with van der Waals surface area (Å²) >= 11 is 1.63. The largest absolute Gasteiger partial charge is 0.366 e. The molecule has 4 atom stereocenters. The number of rotatable bonds is 5. The van der Waals surface area contributed by atoms with E-state index in [4.69, 9.17) is 15.5 Å². The summed E-state index contributed by atoms with van der Waals surface area (Å²) in [4.78, 5) is 50.2. The molecule has 5 rings (SSSR count). The van der Waals surface area contributed by atoms with Crippen LogP contribution in [0.2, 0.25) is 0 Å². The minimum atomic E-state index is -0.835. The van der Waals surface area contributed by atoms with Crippen molar-refractivity contribution < 1.29 is 19.1 Å². The number of thiazole rings is 1. The van der Waals surface area contributed by atoms with Crippen LogP contribution in [0, 0.1) is 5.41 Å². The van der Waals surface area contributed by atoms with Crippen molar-refractivity contribution in [2.24, 2.45) is 11.1 Å². The van der Waals surface area contributed by atoms with Crippen LogP contribution in [0.25, 0.3) is 11.3 Å². The Hall–Kier alpha value is -2.86. The number of ether oxygens (including phenoxy) is 1. The van der Waals surface area contributed by atoms with Gasteiger partial charge in [-0.1, -0.05) is 32.9 Å². The number of carbonyl (C=O) groups excluding carboxylic acids is 3. The Kier molecular flexibility index (Phi) is 7.29. The molecule has 0 aliphatic carbocycles.